The Labute approximate surface area is 126 Å². The smallest absolute Gasteiger partial charge is 0.274 e. The minimum absolute atomic E-state index is 0.259. The van der Waals surface area contributed by atoms with Gasteiger partial charge in [-0.25, -0.2) is 5.48 Å². The average Bonchev–Trinajstić information content (AvgIpc) is 2.53. The molecule has 1 aliphatic rings. The minimum Gasteiger partial charge on any atom is -0.310 e. The summed E-state index contributed by atoms with van der Waals surface area (Å²) in [5.74, 6) is -0.475. The van der Waals surface area contributed by atoms with Crippen LogP contribution in [-0.2, 0) is 0 Å². The van der Waals surface area contributed by atoms with Crippen LogP contribution in [0.4, 0.5) is 0 Å². The molecule has 4 nitrogen and oxygen atoms in total. The fraction of sp³-hybridized carbons (Fsp3) is 0.588. The Morgan fingerprint density at radius 2 is 1.86 bits per heavy atom. The number of hydroxylamine groups is 1. The predicted molar refractivity (Wildman–Crippen MR) is 83.3 cm³/mol. The Kier molecular flexibility index (Phi) is 5.37. The molecule has 0 aliphatic heterocycles. The van der Waals surface area contributed by atoms with Crippen LogP contribution in [0.25, 0.3) is 0 Å². The van der Waals surface area contributed by atoms with E-state index in [0.29, 0.717) is 11.0 Å². The van der Waals surface area contributed by atoms with Crippen molar-refractivity contribution >= 4 is 5.91 Å². The molecule has 0 bridgehead atoms. The molecular weight excluding hydrogens is 264 g/mol. The molecule has 21 heavy (non-hydrogen) atoms. The number of hydrogen-bond acceptors (Lipinski definition) is 3. The van der Waals surface area contributed by atoms with Crippen molar-refractivity contribution in [3.63, 3.8) is 0 Å². The van der Waals surface area contributed by atoms with Crippen LogP contribution in [0, 0.1) is 5.41 Å². The number of benzene rings is 1. The van der Waals surface area contributed by atoms with Crippen molar-refractivity contribution < 1.29 is 10.0 Å². The third kappa shape index (κ3) is 4.29. The van der Waals surface area contributed by atoms with Crippen molar-refractivity contribution in [1.29, 1.82) is 0 Å². The van der Waals surface area contributed by atoms with Gasteiger partial charge in [-0.1, -0.05) is 38.3 Å². The van der Waals surface area contributed by atoms with E-state index in [0.717, 1.165) is 12.1 Å². The number of nitrogens with one attached hydrogen (secondary N) is 2. The summed E-state index contributed by atoms with van der Waals surface area (Å²) in [6.07, 6.45) is 6.68. The van der Waals surface area contributed by atoms with Gasteiger partial charge in [-0.3, -0.25) is 10.0 Å². The lowest BCUT2D eigenvalue weighted by Gasteiger charge is -2.35. The SMILES string of the molecule is C[C@@H](NCC1(C)CCCCC1)c1ccc(C(=O)NO)cc1. The van der Waals surface area contributed by atoms with Gasteiger partial charge in [-0.2, -0.15) is 0 Å². The third-order valence-electron chi connectivity index (χ3n) is 4.67. The maximum atomic E-state index is 11.3. The zero-order valence-corrected chi connectivity index (χ0v) is 13.0. The van der Waals surface area contributed by atoms with Crippen LogP contribution in [0.5, 0.6) is 0 Å². The number of amides is 1. The first-order chi connectivity index (χ1) is 10.0. The van der Waals surface area contributed by atoms with Crippen molar-refractivity contribution in [2.24, 2.45) is 5.41 Å². The highest BCUT2D eigenvalue weighted by molar-refractivity contribution is 5.93. The van der Waals surface area contributed by atoms with Crippen LogP contribution < -0.4 is 10.8 Å². The lowest BCUT2D eigenvalue weighted by Crippen LogP contribution is -2.35. The van der Waals surface area contributed by atoms with Gasteiger partial charge < -0.3 is 5.32 Å². The molecule has 1 saturated carbocycles. The molecule has 0 spiro atoms. The Bertz CT molecular complexity index is 464. The maximum Gasteiger partial charge on any atom is 0.274 e. The summed E-state index contributed by atoms with van der Waals surface area (Å²) in [5.41, 5.74) is 3.69. The van der Waals surface area contributed by atoms with Crippen molar-refractivity contribution in [2.75, 3.05) is 6.54 Å². The molecule has 3 N–H and O–H groups in total. The molecule has 116 valence electrons. The molecule has 0 saturated heterocycles. The second kappa shape index (κ2) is 7.05. The first-order valence-corrected chi connectivity index (χ1v) is 7.82. The quantitative estimate of drug-likeness (QED) is 0.575. The molecule has 0 unspecified atom stereocenters. The number of hydrogen-bond donors (Lipinski definition) is 3. The number of rotatable bonds is 5. The molecule has 1 aliphatic carbocycles. The van der Waals surface area contributed by atoms with E-state index in [1.807, 2.05) is 12.1 Å². The first-order valence-electron chi connectivity index (χ1n) is 7.82. The summed E-state index contributed by atoms with van der Waals surface area (Å²) >= 11 is 0. The van der Waals surface area contributed by atoms with Crippen LogP contribution >= 0.6 is 0 Å². The van der Waals surface area contributed by atoms with Crippen LogP contribution in [0.3, 0.4) is 0 Å². The average molecular weight is 290 g/mol. The molecule has 1 atom stereocenters. The van der Waals surface area contributed by atoms with Crippen LogP contribution in [0.1, 0.15) is 67.9 Å². The Morgan fingerprint density at radius 3 is 2.43 bits per heavy atom. The van der Waals surface area contributed by atoms with E-state index in [4.69, 9.17) is 5.21 Å². The van der Waals surface area contributed by atoms with Gasteiger partial charge in [0.15, 0.2) is 0 Å². The standard InChI is InChI=1S/C17H26N2O2/c1-13(18-12-17(2)10-4-3-5-11-17)14-6-8-15(9-7-14)16(20)19-21/h6-9,13,18,21H,3-5,10-12H2,1-2H3,(H,19,20)/t13-/m1/s1. The first kappa shape index (κ1) is 16.0. The lowest BCUT2D eigenvalue weighted by molar-refractivity contribution is 0.0706. The summed E-state index contributed by atoms with van der Waals surface area (Å²) in [5, 5.41) is 12.2. The second-order valence-corrected chi connectivity index (χ2v) is 6.54. The van der Waals surface area contributed by atoms with Gasteiger partial charge in [0.2, 0.25) is 0 Å². The highest BCUT2D eigenvalue weighted by atomic mass is 16.5. The van der Waals surface area contributed by atoms with E-state index in [1.165, 1.54) is 32.1 Å². The lowest BCUT2D eigenvalue weighted by atomic mass is 9.75. The highest BCUT2D eigenvalue weighted by Gasteiger charge is 2.26. The van der Waals surface area contributed by atoms with Gasteiger partial charge in [-0.05, 0) is 42.9 Å². The van der Waals surface area contributed by atoms with Gasteiger partial charge in [0.1, 0.15) is 0 Å². The van der Waals surface area contributed by atoms with Gasteiger partial charge in [0, 0.05) is 18.2 Å². The fourth-order valence-electron chi connectivity index (χ4n) is 3.09. The Morgan fingerprint density at radius 1 is 1.24 bits per heavy atom. The molecular formula is C17H26N2O2. The number of carbonyl (C=O) groups excluding carboxylic acids is 1. The normalized spacial score (nSPS) is 19.0. The van der Waals surface area contributed by atoms with Crippen molar-refractivity contribution in [3.8, 4) is 0 Å². The van der Waals surface area contributed by atoms with Crippen LogP contribution in [0.15, 0.2) is 24.3 Å². The molecule has 2 rings (SSSR count). The molecule has 1 amide bonds. The molecule has 0 aromatic heterocycles. The van der Waals surface area contributed by atoms with Gasteiger partial charge in [0.25, 0.3) is 5.91 Å². The molecule has 0 radical (unpaired) electrons. The highest BCUT2D eigenvalue weighted by Crippen LogP contribution is 2.35. The van der Waals surface area contributed by atoms with E-state index in [1.54, 1.807) is 17.6 Å². The van der Waals surface area contributed by atoms with E-state index < -0.39 is 5.91 Å². The van der Waals surface area contributed by atoms with E-state index >= 15 is 0 Å². The summed E-state index contributed by atoms with van der Waals surface area (Å²) < 4.78 is 0. The zero-order chi connectivity index (χ0) is 15.3. The molecule has 1 aromatic rings. The second-order valence-electron chi connectivity index (χ2n) is 6.54. The van der Waals surface area contributed by atoms with E-state index in [9.17, 15) is 4.79 Å². The van der Waals surface area contributed by atoms with Gasteiger partial charge >= 0.3 is 0 Å². The predicted octanol–water partition coefficient (Wildman–Crippen LogP) is 3.43. The molecule has 4 heteroatoms. The number of carbonyl (C=O) groups is 1. The minimum atomic E-state index is -0.475. The van der Waals surface area contributed by atoms with Gasteiger partial charge in [0.05, 0.1) is 0 Å². The fourth-order valence-corrected chi connectivity index (χ4v) is 3.09. The molecule has 0 heterocycles. The van der Waals surface area contributed by atoms with Crippen LogP contribution in [0.2, 0.25) is 0 Å². The Hall–Kier alpha value is -1.39. The summed E-state index contributed by atoms with van der Waals surface area (Å²) in [6, 6.07) is 7.61. The van der Waals surface area contributed by atoms with E-state index in [-0.39, 0.29) is 6.04 Å². The topological polar surface area (TPSA) is 61.4 Å². The molecule has 1 aromatic carbocycles. The van der Waals surface area contributed by atoms with E-state index in [2.05, 4.69) is 19.2 Å². The third-order valence-corrected chi connectivity index (χ3v) is 4.67. The van der Waals surface area contributed by atoms with Crippen molar-refractivity contribution in [3.05, 3.63) is 35.4 Å². The van der Waals surface area contributed by atoms with Crippen molar-refractivity contribution in [2.45, 2.75) is 52.0 Å². The van der Waals surface area contributed by atoms with Gasteiger partial charge in [-0.15, -0.1) is 0 Å². The largest absolute Gasteiger partial charge is 0.310 e. The molecule has 1 fully saturated rings. The summed E-state index contributed by atoms with van der Waals surface area (Å²) in [7, 11) is 0. The maximum absolute atomic E-state index is 11.3. The monoisotopic (exact) mass is 290 g/mol. The van der Waals surface area contributed by atoms with Crippen LogP contribution in [-0.4, -0.2) is 17.7 Å². The zero-order valence-electron chi connectivity index (χ0n) is 13.0. The summed E-state index contributed by atoms with van der Waals surface area (Å²) in [4.78, 5) is 11.3. The Balaban J connectivity index is 1.90. The van der Waals surface area contributed by atoms with Crippen molar-refractivity contribution in [1.82, 2.24) is 10.8 Å². The summed E-state index contributed by atoms with van der Waals surface area (Å²) in [6.45, 7) is 5.56.